The first kappa shape index (κ1) is 14.9. The molecule has 0 aliphatic heterocycles. The number of hydrogen-bond donors (Lipinski definition) is 2. The predicted molar refractivity (Wildman–Crippen MR) is 85.2 cm³/mol. The minimum absolute atomic E-state index is 0.202. The number of rotatable bonds is 5. The second kappa shape index (κ2) is 5.99. The third-order valence-electron chi connectivity index (χ3n) is 3.39. The number of nitrogens with zero attached hydrogens (tertiary/aromatic N) is 3. The van der Waals surface area contributed by atoms with Crippen LogP contribution in [0.3, 0.4) is 0 Å². The largest absolute Gasteiger partial charge is 0.493 e. The molecule has 23 heavy (non-hydrogen) atoms. The molecule has 8 nitrogen and oxygen atoms in total. The van der Waals surface area contributed by atoms with Crippen molar-refractivity contribution in [2.24, 2.45) is 0 Å². The second-order valence-corrected chi connectivity index (χ2v) is 4.95. The standard InChI is InChI=1S/C15H17N5O3/c1-9-7-12(21)20-15(17-9)18-14(19-20)16-8-10-5-4-6-11(22-2)13(10)23-3/h4-7H,8H2,1-3H3,(H2,16,17,18,19). The van der Waals surface area contributed by atoms with Gasteiger partial charge in [0.05, 0.1) is 14.2 Å². The number of nitrogens with one attached hydrogen (secondary N) is 2. The van der Waals surface area contributed by atoms with Crippen LogP contribution in [0.15, 0.2) is 29.1 Å². The molecule has 0 aliphatic rings. The molecule has 0 spiro atoms. The van der Waals surface area contributed by atoms with Gasteiger partial charge in [-0.3, -0.25) is 9.89 Å². The molecule has 2 heterocycles. The molecule has 0 radical (unpaired) electrons. The maximum Gasteiger partial charge on any atom is 0.274 e. The van der Waals surface area contributed by atoms with Gasteiger partial charge in [-0.1, -0.05) is 12.1 Å². The van der Waals surface area contributed by atoms with E-state index in [0.29, 0.717) is 35.5 Å². The lowest BCUT2D eigenvalue weighted by Crippen LogP contribution is -2.14. The van der Waals surface area contributed by atoms with E-state index in [1.807, 2.05) is 18.2 Å². The number of methoxy groups -OCH3 is 2. The molecule has 3 rings (SSSR count). The summed E-state index contributed by atoms with van der Waals surface area (Å²) in [7, 11) is 3.18. The highest BCUT2D eigenvalue weighted by molar-refractivity contribution is 5.48. The second-order valence-electron chi connectivity index (χ2n) is 4.95. The predicted octanol–water partition coefficient (Wildman–Crippen LogP) is 1.36. The van der Waals surface area contributed by atoms with Crippen LogP contribution in [0.1, 0.15) is 11.3 Å². The van der Waals surface area contributed by atoms with Gasteiger partial charge in [0.25, 0.3) is 11.3 Å². The molecule has 0 fully saturated rings. The van der Waals surface area contributed by atoms with Crippen LogP contribution in [0.25, 0.3) is 5.78 Å². The zero-order valence-corrected chi connectivity index (χ0v) is 13.1. The lowest BCUT2D eigenvalue weighted by molar-refractivity contribution is 0.352. The van der Waals surface area contributed by atoms with E-state index in [9.17, 15) is 4.79 Å². The molecule has 0 saturated heterocycles. The van der Waals surface area contributed by atoms with E-state index in [-0.39, 0.29) is 5.56 Å². The SMILES string of the molecule is COc1cccc(CNc2nc3nc(C)cc(=O)n3[nH]2)c1OC. The number of benzene rings is 1. The minimum Gasteiger partial charge on any atom is -0.493 e. The first-order valence-corrected chi connectivity index (χ1v) is 7.02. The molecule has 0 saturated carbocycles. The van der Waals surface area contributed by atoms with Gasteiger partial charge in [-0.15, -0.1) is 0 Å². The fourth-order valence-electron chi connectivity index (χ4n) is 2.34. The Morgan fingerprint density at radius 3 is 2.83 bits per heavy atom. The summed E-state index contributed by atoms with van der Waals surface area (Å²) in [4.78, 5) is 20.3. The van der Waals surface area contributed by atoms with Crippen molar-refractivity contribution in [3.05, 3.63) is 45.9 Å². The molecule has 0 atom stereocenters. The highest BCUT2D eigenvalue weighted by Crippen LogP contribution is 2.30. The van der Waals surface area contributed by atoms with E-state index < -0.39 is 0 Å². The molecule has 2 N–H and O–H groups in total. The summed E-state index contributed by atoms with van der Waals surface area (Å²) in [5.41, 5.74) is 1.33. The summed E-state index contributed by atoms with van der Waals surface area (Å²) in [6, 6.07) is 7.08. The Morgan fingerprint density at radius 1 is 1.26 bits per heavy atom. The average molecular weight is 315 g/mol. The normalized spacial score (nSPS) is 10.7. The maximum atomic E-state index is 11.9. The van der Waals surface area contributed by atoms with E-state index in [1.54, 1.807) is 21.1 Å². The summed E-state index contributed by atoms with van der Waals surface area (Å²) >= 11 is 0. The lowest BCUT2D eigenvalue weighted by Gasteiger charge is -2.12. The van der Waals surface area contributed by atoms with Crippen molar-refractivity contribution in [1.82, 2.24) is 19.6 Å². The van der Waals surface area contributed by atoms with Gasteiger partial charge in [-0.25, -0.2) is 4.98 Å². The summed E-state index contributed by atoms with van der Waals surface area (Å²) in [5, 5.41) is 6.00. The van der Waals surface area contributed by atoms with Crippen LogP contribution < -0.4 is 20.3 Å². The Balaban J connectivity index is 1.87. The van der Waals surface area contributed by atoms with Crippen LogP contribution in [0, 0.1) is 6.92 Å². The number of para-hydroxylation sites is 1. The van der Waals surface area contributed by atoms with Gasteiger partial charge in [0.15, 0.2) is 11.5 Å². The number of aromatic nitrogens is 4. The Labute approximate surface area is 132 Å². The van der Waals surface area contributed by atoms with E-state index in [2.05, 4.69) is 20.4 Å². The molecule has 0 amide bonds. The van der Waals surface area contributed by atoms with Crippen LogP contribution in [-0.2, 0) is 6.54 Å². The van der Waals surface area contributed by atoms with Crippen molar-refractivity contribution >= 4 is 11.7 Å². The maximum absolute atomic E-state index is 11.9. The number of fused-ring (bicyclic) bond motifs is 1. The Hall–Kier alpha value is -3.03. The van der Waals surface area contributed by atoms with Gasteiger partial charge in [-0.2, -0.15) is 9.50 Å². The zero-order chi connectivity index (χ0) is 16.4. The number of aryl methyl sites for hydroxylation is 1. The average Bonchev–Trinajstić information content (AvgIpc) is 2.95. The summed E-state index contributed by atoms with van der Waals surface area (Å²) < 4.78 is 12.0. The minimum atomic E-state index is -0.202. The summed E-state index contributed by atoms with van der Waals surface area (Å²) in [6.45, 7) is 2.21. The van der Waals surface area contributed by atoms with Gasteiger partial charge < -0.3 is 14.8 Å². The number of aromatic amines is 1. The summed E-state index contributed by atoms with van der Waals surface area (Å²) in [6.07, 6.45) is 0. The van der Waals surface area contributed by atoms with Gasteiger partial charge in [0, 0.05) is 23.9 Å². The smallest absolute Gasteiger partial charge is 0.274 e. The van der Waals surface area contributed by atoms with Crippen molar-refractivity contribution in [3.63, 3.8) is 0 Å². The highest BCUT2D eigenvalue weighted by atomic mass is 16.5. The lowest BCUT2D eigenvalue weighted by atomic mass is 10.2. The topological polar surface area (TPSA) is 93.5 Å². The Morgan fingerprint density at radius 2 is 2.09 bits per heavy atom. The first-order valence-electron chi connectivity index (χ1n) is 7.02. The van der Waals surface area contributed by atoms with Crippen molar-refractivity contribution in [3.8, 4) is 11.5 Å². The van der Waals surface area contributed by atoms with E-state index in [4.69, 9.17) is 9.47 Å². The van der Waals surface area contributed by atoms with E-state index in [0.717, 1.165) is 5.56 Å². The van der Waals surface area contributed by atoms with Crippen molar-refractivity contribution in [2.45, 2.75) is 13.5 Å². The third kappa shape index (κ3) is 2.83. The van der Waals surface area contributed by atoms with Crippen molar-refractivity contribution in [2.75, 3.05) is 19.5 Å². The monoisotopic (exact) mass is 315 g/mol. The first-order chi connectivity index (χ1) is 11.1. The molecule has 2 aromatic heterocycles. The quantitative estimate of drug-likeness (QED) is 0.738. The zero-order valence-electron chi connectivity index (χ0n) is 13.1. The van der Waals surface area contributed by atoms with Crippen LogP contribution in [-0.4, -0.2) is 33.8 Å². The number of H-pyrrole nitrogens is 1. The van der Waals surface area contributed by atoms with Gasteiger partial charge in [0.2, 0.25) is 5.95 Å². The molecule has 3 aromatic rings. The molecule has 0 unspecified atom stereocenters. The van der Waals surface area contributed by atoms with E-state index in [1.165, 1.54) is 10.6 Å². The van der Waals surface area contributed by atoms with Crippen molar-refractivity contribution < 1.29 is 9.47 Å². The molecule has 0 aliphatic carbocycles. The van der Waals surface area contributed by atoms with Crippen LogP contribution >= 0.6 is 0 Å². The van der Waals surface area contributed by atoms with Gasteiger partial charge in [0.1, 0.15) is 0 Å². The number of anilines is 1. The number of ether oxygens (including phenoxy) is 2. The molecule has 120 valence electrons. The van der Waals surface area contributed by atoms with Crippen LogP contribution in [0.4, 0.5) is 5.95 Å². The fraction of sp³-hybridized carbons (Fsp3) is 0.267. The van der Waals surface area contributed by atoms with E-state index >= 15 is 0 Å². The molecular weight excluding hydrogens is 298 g/mol. The molecule has 1 aromatic carbocycles. The molecule has 8 heteroatoms. The van der Waals surface area contributed by atoms with Crippen LogP contribution in [0.5, 0.6) is 11.5 Å². The Bertz CT molecular complexity index is 900. The van der Waals surface area contributed by atoms with Crippen LogP contribution in [0.2, 0.25) is 0 Å². The van der Waals surface area contributed by atoms with Gasteiger partial charge >= 0.3 is 0 Å². The number of hydrogen-bond acceptors (Lipinski definition) is 6. The third-order valence-corrected chi connectivity index (χ3v) is 3.39. The Kier molecular flexibility index (Phi) is 3.88. The fourth-order valence-corrected chi connectivity index (χ4v) is 2.34. The molecular formula is C15H17N5O3. The van der Waals surface area contributed by atoms with Gasteiger partial charge in [-0.05, 0) is 13.0 Å². The summed E-state index contributed by atoms with van der Waals surface area (Å²) in [5.74, 6) is 2.09. The van der Waals surface area contributed by atoms with Crippen molar-refractivity contribution in [1.29, 1.82) is 0 Å². The molecule has 0 bridgehead atoms. The highest BCUT2D eigenvalue weighted by Gasteiger charge is 2.11.